The Hall–Kier alpha value is -3.24. The molecule has 4 rings (SSSR count). The van der Waals surface area contributed by atoms with Crippen molar-refractivity contribution in [3.05, 3.63) is 60.1 Å². The van der Waals surface area contributed by atoms with E-state index in [2.05, 4.69) is 5.10 Å². The molecular weight excluding hydrogens is 437 g/mol. The second-order valence-electron chi connectivity index (χ2n) is 7.72. The van der Waals surface area contributed by atoms with Crippen molar-refractivity contribution >= 4 is 32.6 Å². The molecule has 1 aliphatic rings. The number of carboxylic acid groups (broad SMARTS) is 1. The summed E-state index contributed by atoms with van der Waals surface area (Å²) >= 11 is 0. The summed E-state index contributed by atoms with van der Waals surface area (Å²) in [6, 6.07) is 10.2. The first-order chi connectivity index (χ1) is 15.1. The molecule has 168 valence electrons. The third-order valence-electron chi connectivity index (χ3n) is 5.01. The van der Waals surface area contributed by atoms with E-state index < -0.39 is 21.8 Å². The number of rotatable bonds is 7. The monoisotopic (exact) mass is 459 g/mol. The lowest BCUT2D eigenvalue weighted by molar-refractivity contribution is -0.136. The predicted octanol–water partition coefficient (Wildman–Crippen LogP) is 3.14. The van der Waals surface area contributed by atoms with Crippen LogP contribution in [0.25, 0.3) is 16.6 Å². The molecule has 0 radical (unpaired) electrons. The van der Waals surface area contributed by atoms with Crippen LogP contribution >= 0.6 is 0 Å². The number of aliphatic carboxylic acids is 1. The molecule has 0 saturated carbocycles. The van der Waals surface area contributed by atoms with Crippen molar-refractivity contribution in [2.24, 2.45) is 0 Å². The molecule has 0 bridgehead atoms. The fraction of sp³-hybridized carbons (Fsp3) is 0.273. The standard InChI is InChI=1S/C22H22FN3O5S/c1-14(2)31-17-4-6-18(7-5-17)32(29,30)25-10-9-16(13-25)26-21-11-15(23)3-8-19(21)20(24-26)12-22(27)28/h3-9,11,14H,10,12-13H2,1-2H3,(H,27,28). The average molecular weight is 459 g/mol. The minimum Gasteiger partial charge on any atom is -0.491 e. The highest BCUT2D eigenvalue weighted by Gasteiger charge is 2.30. The first-order valence-corrected chi connectivity index (χ1v) is 11.4. The van der Waals surface area contributed by atoms with Crippen LogP contribution in [0, 0.1) is 5.82 Å². The normalized spacial score (nSPS) is 14.8. The SMILES string of the molecule is CC(C)Oc1ccc(S(=O)(=O)N2CC=C(n3nc(CC(=O)O)c4ccc(F)cc43)C2)cc1. The number of fused-ring (bicyclic) bond motifs is 1. The number of sulfonamides is 1. The summed E-state index contributed by atoms with van der Waals surface area (Å²) in [5, 5.41) is 14.0. The molecule has 0 unspecified atom stereocenters. The van der Waals surface area contributed by atoms with Gasteiger partial charge in [-0.3, -0.25) is 4.79 Å². The molecule has 0 aliphatic carbocycles. The third-order valence-corrected chi connectivity index (χ3v) is 6.84. The molecule has 2 heterocycles. The molecule has 8 nitrogen and oxygen atoms in total. The van der Waals surface area contributed by atoms with E-state index in [0.717, 1.165) is 0 Å². The summed E-state index contributed by atoms with van der Waals surface area (Å²) in [5.74, 6) is -0.974. The fourth-order valence-electron chi connectivity index (χ4n) is 3.61. The molecule has 0 amide bonds. The predicted molar refractivity (Wildman–Crippen MR) is 116 cm³/mol. The van der Waals surface area contributed by atoms with E-state index in [4.69, 9.17) is 9.84 Å². The lowest BCUT2D eigenvalue weighted by atomic mass is 10.1. The number of nitrogens with zero attached hydrogens (tertiary/aromatic N) is 3. The molecule has 0 saturated heterocycles. The molecule has 0 fully saturated rings. The number of hydrogen-bond acceptors (Lipinski definition) is 5. The maximum Gasteiger partial charge on any atom is 0.309 e. The van der Waals surface area contributed by atoms with Gasteiger partial charge in [-0.2, -0.15) is 9.40 Å². The van der Waals surface area contributed by atoms with Crippen LogP contribution in [-0.4, -0.2) is 52.8 Å². The van der Waals surface area contributed by atoms with Crippen LogP contribution in [0.15, 0.2) is 53.4 Å². The Morgan fingerprint density at radius 3 is 2.59 bits per heavy atom. The van der Waals surface area contributed by atoms with Gasteiger partial charge in [-0.25, -0.2) is 17.5 Å². The smallest absolute Gasteiger partial charge is 0.309 e. The highest BCUT2D eigenvalue weighted by atomic mass is 32.2. The van der Waals surface area contributed by atoms with Gasteiger partial charge in [0.25, 0.3) is 0 Å². The topological polar surface area (TPSA) is 102 Å². The molecule has 32 heavy (non-hydrogen) atoms. The Labute approximate surface area is 184 Å². The van der Waals surface area contributed by atoms with Gasteiger partial charge in [0.15, 0.2) is 0 Å². The minimum atomic E-state index is -3.78. The summed E-state index contributed by atoms with van der Waals surface area (Å²) in [5.41, 5.74) is 1.21. The van der Waals surface area contributed by atoms with Crippen LogP contribution in [0.4, 0.5) is 4.39 Å². The number of hydrogen-bond donors (Lipinski definition) is 1. The lowest BCUT2D eigenvalue weighted by Gasteiger charge is -2.17. The van der Waals surface area contributed by atoms with E-state index in [1.54, 1.807) is 18.2 Å². The van der Waals surface area contributed by atoms with Gasteiger partial charge in [-0.05, 0) is 56.3 Å². The number of benzene rings is 2. The first kappa shape index (κ1) is 22.0. The summed E-state index contributed by atoms with van der Waals surface area (Å²) in [6.07, 6.45) is 1.34. The van der Waals surface area contributed by atoms with Gasteiger partial charge in [0.2, 0.25) is 10.0 Å². The highest BCUT2D eigenvalue weighted by Crippen LogP contribution is 2.28. The molecule has 0 atom stereocenters. The van der Waals surface area contributed by atoms with Gasteiger partial charge >= 0.3 is 5.97 Å². The van der Waals surface area contributed by atoms with Crippen molar-refractivity contribution < 1.29 is 27.4 Å². The van der Waals surface area contributed by atoms with Crippen LogP contribution in [0.5, 0.6) is 5.75 Å². The van der Waals surface area contributed by atoms with Gasteiger partial charge < -0.3 is 9.84 Å². The molecule has 2 aromatic carbocycles. The zero-order valence-corrected chi connectivity index (χ0v) is 18.3. The lowest BCUT2D eigenvalue weighted by Crippen LogP contribution is -2.29. The zero-order chi connectivity index (χ0) is 23.0. The van der Waals surface area contributed by atoms with Crippen molar-refractivity contribution in [1.82, 2.24) is 14.1 Å². The summed E-state index contributed by atoms with van der Waals surface area (Å²) in [7, 11) is -3.78. The number of ether oxygens (including phenoxy) is 1. The van der Waals surface area contributed by atoms with Crippen molar-refractivity contribution in [2.75, 3.05) is 13.1 Å². The van der Waals surface area contributed by atoms with Crippen LogP contribution in [0.1, 0.15) is 19.5 Å². The van der Waals surface area contributed by atoms with Crippen LogP contribution in [-0.2, 0) is 21.2 Å². The highest BCUT2D eigenvalue weighted by molar-refractivity contribution is 7.89. The average Bonchev–Trinajstić information content (AvgIpc) is 3.33. The van der Waals surface area contributed by atoms with Gasteiger partial charge in [0.05, 0.1) is 40.9 Å². The van der Waals surface area contributed by atoms with Crippen LogP contribution < -0.4 is 4.74 Å². The Balaban J connectivity index is 1.61. The van der Waals surface area contributed by atoms with E-state index in [1.807, 2.05) is 13.8 Å². The molecular formula is C22H22FN3O5S. The van der Waals surface area contributed by atoms with E-state index in [9.17, 15) is 17.6 Å². The largest absolute Gasteiger partial charge is 0.491 e. The number of carboxylic acids is 1. The van der Waals surface area contributed by atoms with Crippen molar-refractivity contribution in [1.29, 1.82) is 0 Å². The fourth-order valence-corrected chi connectivity index (χ4v) is 4.96. The molecule has 1 N–H and O–H groups in total. The summed E-state index contributed by atoms with van der Waals surface area (Å²) < 4.78 is 48.3. The second-order valence-corrected chi connectivity index (χ2v) is 9.66. The Bertz CT molecular complexity index is 1310. The molecule has 1 aromatic heterocycles. The van der Waals surface area contributed by atoms with Gasteiger partial charge in [-0.1, -0.05) is 0 Å². The van der Waals surface area contributed by atoms with Crippen LogP contribution in [0.2, 0.25) is 0 Å². The maximum atomic E-state index is 13.9. The Morgan fingerprint density at radius 2 is 1.94 bits per heavy atom. The third kappa shape index (κ3) is 4.23. The minimum absolute atomic E-state index is 0.0202. The Morgan fingerprint density at radius 1 is 1.22 bits per heavy atom. The van der Waals surface area contributed by atoms with Gasteiger partial charge in [-0.15, -0.1) is 0 Å². The summed E-state index contributed by atoms with van der Waals surface area (Å²) in [4.78, 5) is 11.3. The van der Waals surface area contributed by atoms with E-state index in [-0.39, 0.29) is 36.2 Å². The first-order valence-electron chi connectivity index (χ1n) is 10.0. The summed E-state index contributed by atoms with van der Waals surface area (Å²) in [6.45, 7) is 3.91. The Kier molecular flexibility index (Phi) is 5.74. The van der Waals surface area contributed by atoms with E-state index >= 15 is 0 Å². The zero-order valence-electron chi connectivity index (χ0n) is 17.5. The van der Waals surface area contributed by atoms with Crippen molar-refractivity contribution in [3.8, 4) is 5.75 Å². The quantitative estimate of drug-likeness (QED) is 0.583. The molecule has 1 aliphatic heterocycles. The van der Waals surface area contributed by atoms with Gasteiger partial charge in [0, 0.05) is 18.0 Å². The maximum absolute atomic E-state index is 13.9. The number of aromatic nitrogens is 2. The number of carbonyl (C=O) groups is 1. The van der Waals surface area contributed by atoms with Crippen molar-refractivity contribution in [2.45, 2.75) is 31.3 Å². The van der Waals surface area contributed by atoms with Crippen LogP contribution in [0.3, 0.4) is 0 Å². The molecule has 0 spiro atoms. The van der Waals surface area contributed by atoms with Gasteiger partial charge in [0.1, 0.15) is 11.6 Å². The van der Waals surface area contributed by atoms with E-state index in [1.165, 1.54) is 39.3 Å². The molecule has 3 aromatic rings. The van der Waals surface area contributed by atoms with Crippen molar-refractivity contribution in [3.63, 3.8) is 0 Å². The second kappa shape index (κ2) is 8.36. The number of halogens is 1. The van der Waals surface area contributed by atoms with E-state index in [0.29, 0.717) is 22.3 Å². The molecule has 10 heteroatoms.